The van der Waals surface area contributed by atoms with Crippen molar-refractivity contribution in [3.05, 3.63) is 182 Å². The molecule has 0 fully saturated rings. The van der Waals surface area contributed by atoms with Gasteiger partial charge in [-0.15, -0.1) is 0 Å². The minimum Gasteiger partial charge on any atom is -0.0622 e. The van der Waals surface area contributed by atoms with Crippen molar-refractivity contribution in [2.24, 2.45) is 0 Å². The van der Waals surface area contributed by atoms with Crippen molar-refractivity contribution in [3.63, 3.8) is 0 Å². The molecule has 206 valence electrons. The Labute approximate surface area is 261 Å². The van der Waals surface area contributed by atoms with Crippen molar-refractivity contribution in [2.75, 3.05) is 0 Å². The molecule has 0 unspecified atom stereocenters. The second kappa shape index (κ2) is 17.9. The summed E-state index contributed by atoms with van der Waals surface area (Å²) in [6.45, 7) is 0. The third kappa shape index (κ3) is 9.65. The minimum atomic E-state index is -0.446. The number of rotatable bonds is 6. The Balaban J connectivity index is 0.000000173. The van der Waals surface area contributed by atoms with Crippen LogP contribution in [0.3, 0.4) is 0 Å². The van der Waals surface area contributed by atoms with Crippen molar-refractivity contribution >= 4 is 68.1 Å². The van der Waals surface area contributed by atoms with E-state index in [4.69, 9.17) is 20.4 Å². The molecule has 0 spiro atoms. The first-order valence-electron chi connectivity index (χ1n) is 13.0. The van der Waals surface area contributed by atoms with E-state index in [2.05, 4.69) is 182 Å². The normalized spacial score (nSPS) is 10.3. The van der Waals surface area contributed by atoms with Crippen molar-refractivity contribution in [3.8, 4) is 0 Å². The van der Waals surface area contributed by atoms with Gasteiger partial charge >= 0.3 is 33.0 Å². The molecule has 6 rings (SSSR count). The van der Waals surface area contributed by atoms with Gasteiger partial charge in [-0.3, -0.25) is 0 Å². The third-order valence-electron chi connectivity index (χ3n) is 6.09. The quantitative estimate of drug-likeness (QED) is 0.125. The van der Waals surface area contributed by atoms with Crippen LogP contribution in [-0.2, 0) is 12.7 Å². The average Bonchev–Trinajstić information content (AvgIpc) is 3.05. The molecule has 6 aromatic rings. The second-order valence-electron chi connectivity index (χ2n) is 8.73. The summed E-state index contributed by atoms with van der Waals surface area (Å²) in [7, 11) is 8.51. The van der Waals surface area contributed by atoms with Gasteiger partial charge in [-0.25, -0.2) is 0 Å². The van der Waals surface area contributed by atoms with E-state index in [9.17, 15) is 0 Å². The van der Waals surface area contributed by atoms with Crippen molar-refractivity contribution < 1.29 is 12.7 Å². The van der Waals surface area contributed by atoms with Gasteiger partial charge < -0.3 is 0 Å². The van der Waals surface area contributed by atoms with Crippen LogP contribution in [0, 0.1) is 0 Å². The standard InChI is InChI=1S/2C18H15P.2ClH.Ni/c2*1-4-10-16(11-5-1)19(17-12-6-2-7-13-17)18-14-8-3-9-15-18;;;/h2*1-15H;2*1H;/q;;;;+4/p-2. The van der Waals surface area contributed by atoms with Crippen LogP contribution in [0.1, 0.15) is 0 Å². The van der Waals surface area contributed by atoms with E-state index in [1.807, 2.05) is 0 Å². The van der Waals surface area contributed by atoms with E-state index in [0.29, 0.717) is 12.7 Å². The van der Waals surface area contributed by atoms with Gasteiger partial charge in [0.05, 0.1) is 0 Å². The summed E-state index contributed by atoms with van der Waals surface area (Å²) in [5, 5.41) is 8.39. The summed E-state index contributed by atoms with van der Waals surface area (Å²) in [5.41, 5.74) is 0. The predicted octanol–water partition coefficient (Wildman–Crippen LogP) is 8.27. The molecule has 0 aliphatic carbocycles. The fraction of sp³-hybridized carbons (Fsp3) is 0. The first kappa shape index (κ1) is 31.2. The first-order valence-corrected chi connectivity index (χ1v) is 18.4. The molecule has 0 amide bonds. The van der Waals surface area contributed by atoms with Crippen molar-refractivity contribution in [1.82, 2.24) is 0 Å². The van der Waals surface area contributed by atoms with E-state index in [1.54, 1.807) is 0 Å². The first-order chi connectivity index (χ1) is 20.3. The monoisotopic (exact) mass is 652 g/mol. The van der Waals surface area contributed by atoms with E-state index in [-0.39, 0.29) is 0 Å². The van der Waals surface area contributed by atoms with Gasteiger partial charge in [0, 0.05) is 0 Å². The molecular formula is C36H30Cl2NiP2+2. The van der Waals surface area contributed by atoms with Crippen molar-refractivity contribution in [1.29, 1.82) is 0 Å². The van der Waals surface area contributed by atoms with E-state index < -0.39 is 15.8 Å². The van der Waals surface area contributed by atoms with Gasteiger partial charge in [-0.1, -0.05) is 182 Å². The number of hydrogen-bond donors (Lipinski definition) is 0. The van der Waals surface area contributed by atoms with Crippen LogP contribution < -0.4 is 31.8 Å². The van der Waals surface area contributed by atoms with E-state index in [1.165, 1.54) is 31.8 Å². The maximum absolute atomic E-state index is 4.70. The molecule has 0 aliphatic rings. The Kier molecular flexibility index (Phi) is 13.6. The molecule has 41 heavy (non-hydrogen) atoms. The Morgan fingerprint density at radius 1 is 0.268 bits per heavy atom. The Bertz CT molecular complexity index is 1200. The van der Waals surface area contributed by atoms with Gasteiger partial charge in [0.2, 0.25) is 0 Å². The zero-order valence-corrected chi connectivity index (χ0v) is 26.6. The summed E-state index contributed by atoms with van der Waals surface area (Å²) in [6.07, 6.45) is 0. The van der Waals surface area contributed by atoms with Gasteiger partial charge in [0.1, 0.15) is 0 Å². The zero-order chi connectivity index (χ0) is 28.5. The Morgan fingerprint density at radius 3 is 0.512 bits per heavy atom. The van der Waals surface area contributed by atoms with Crippen LogP contribution in [0.2, 0.25) is 0 Å². The molecule has 0 nitrogen and oxygen atoms in total. The number of hydrogen-bond acceptors (Lipinski definition) is 0. The topological polar surface area (TPSA) is 0 Å². The molecule has 0 atom stereocenters. The largest absolute Gasteiger partial charge is 0.0622 e. The molecule has 0 aliphatic heterocycles. The third-order valence-corrected chi connectivity index (χ3v) is 11.0. The van der Waals surface area contributed by atoms with E-state index >= 15 is 0 Å². The summed E-state index contributed by atoms with van der Waals surface area (Å²) in [4.78, 5) is 0. The molecule has 0 bridgehead atoms. The zero-order valence-electron chi connectivity index (χ0n) is 22.3. The fourth-order valence-electron chi connectivity index (χ4n) is 4.36. The van der Waals surface area contributed by atoms with Gasteiger partial charge in [-0.05, 0) is 47.7 Å². The maximum Gasteiger partial charge on any atom is -0.0134 e. The Morgan fingerprint density at radius 2 is 0.390 bits per heavy atom. The molecule has 6 aromatic carbocycles. The van der Waals surface area contributed by atoms with Crippen molar-refractivity contribution in [2.45, 2.75) is 0 Å². The molecule has 0 radical (unpaired) electrons. The average molecular weight is 654 g/mol. The van der Waals surface area contributed by atoms with Crippen LogP contribution in [0.25, 0.3) is 0 Å². The molecule has 0 heterocycles. The smallest absolute Gasteiger partial charge is 0.0134 e. The fourth-order valence-corrected chi connectivity index (χ4v) is 8.97. The minimum absolute atomic E-state index is 0.446. The van der Waals surface area contributed by atoms with Crippen LogP contribution in [-0.4, -0.2) is 0 Å². The summed E-state index contributed by atoms with van der Waals surface area (Å²) >= 11 is 0.569. The molecule has 5 heteroatoms. The summed E-state index contributed by atoms with van der Waals surface area (Å²) in [5.74, 6) is 0. The molecule has 0 saturated carbocycles. The van der Waals surface area contributed by atoms with Crippen LogP contribution in [0.4, 0.5) is 0 Å². The number of benzene rings is 6. The van der Waals surface area contributed by atoms with Gasteiger partial charge in [0.25, 0.3) is 0 Å². The molecule has 0 aromatic heterocycles. The number of halogens is 2. The van der Waals surface area contributed by atoms with E-state index in [0.717, 1.165) is 0 Å². The maximum atomic E-state index is 4.70. The molecular weight excluding hydrogens is 624 g/mol. The second-order valence-corrected chi connectivity index (χ2v) is 14.8. The predicted molar refractivity (Wildman–Crippen MR) is 182 cm³/mol. The molecule has 0 saturated heterocycles. The summed E-state index contributed by atoms with van der Waals surface area (Å²) in [6, 6.07) is 64.7. The summed E-state index contributed by atoms with van der Waals surface area (Å²) < 4.78 is 0. The SMILES string of the molecule is [Cl][Ni+2][Cl].c1ccc(P(c2ccccc2)c2ccccc2)cc1.c1ccc(P(c2ccccc2)c2ccccc2)cc1. The van der Waals surface area contributed by atoms with Gasteiger partial charge in [0.15, 0.2) is 0 Å². The molecule has 0 N–H and O–H groups in total. The van der Waals surface area contributed by atoms with Gasteiger partial charge in [-0.2, -0.15) is 0 Å². The Hall–Kier alpha value is -2.75. The van der Waals surface area contributed by atoms with Crippen LogP contribution in [0.5, 0.6) is 0 Å². The van der Waals surface area contributed by atoms with Crippen LogP contribution in [0.15, 0.2) is 182 Å². The van der Waals surface area contributed by atoms with Crippen LogP contribution >= 0.6 is 36.2 Å².